The lowest BCUT2D eigenvalue weighted by Crippen LogP contribution is -2.38. The molecule has 28 heavy (non-hydrogen) atoms. The van der Waals surface area contributed by atoms with Crippen molar-refractivity contribution in [3.8, 4) is 11.4 Å². The van der Waals surface area contributed by atoms with Crippen LogP contribution in [-0.2, 0) is 18.0 Å². The fraction of sp³-hybridized carbons (Fsp3) is 0.381. The van der Waals surface area contributed by atoms with Crippen molar-refractivity contribution >= 4 is 12.2 Å². The van der Waals surface area contributed by atoms with Crippen molar-refractivity contribution in [2.45, 2.75) is 32.2 Å². The quantitative estimate of drug-likeness (QED) is 0.597. The predicted molar refractivity (Wildman–Crippen MR) is 111 cm³/mol. The normalized spacial score (nSPS) is 15.8. The Morgan fingerprint density at radius 2 is 1.89 bits per heavy atom. The van der Waals surface area contributed by atoms with Gasteiger partial charge < -0.3 is 4.74 Å². The molecule has 1 saturated heterocycles. The fourth-order valence-corrected chi connectivity index (χ4v) is 3.88. The first kappa shape index (κ1) is 19.0. The molecule has 0 amide bonds. The number of benzene rings is 1. The van der Waals surface area contributed by atoms with Crippen molar-refractivity contribution in [2.24, 2.45) is 0 Å². The van der Waals surface area contributed by atoms with Crippen LogP contribution in [0, 0.1) is 4.77 Å². The third-order valence-corrected chi connectivity index (χ3v) is 5.66. The van der Waals surface area contributed by atoms with E-state index in [1.807, 2.05) is 41.2 Å². The summed E-state index contributed by atoms with van der Waals surface area (Å²) in [6, 6.07) is 14.3. The van der Waals surface area contributed by atoms with Crippen molar-refractivity contribution in [1.29, 1.82) is 0 Å². The summed E-state index contributed by atoms with van der Waals surface area (Å²) in [6.07, 6.45) is 6.07. The second kappa shape index (κ2) is 8.77. The van der Waals surface area contributed by atoms with Crippen LogP contribution in [0.15, 0.2) is 54.9 Å². The van der Waals surface area contributed by atoms with Crippen molar-refractivity contribution in [2.75, 3.05) is 20.2 Å². The highest BCUT2D eigenvalue weighted by atomic mass is 32.1. The van der Waals surface area contributed by atoms with Crippen LogP contribution < -0.4 is 0 Å². The lowest BCUT2D eigenvalue weighted by molar-refractivity contribution is 0.0301. The maximum absolute atomic E-state index is 5.82. The summed E-state index contributed by atoms with van der Waals surface area (Å²) in [6.45, 7) is 3.38. The second-order valence-electron chi connectivity index (χ2n) is 7.11. The van der Waals surface area contributed by atoms with Crippen LogP contribution >= 0.6 is 12.2 Å². The maximum Gasteiger partial charge on any atom is 0.199 e. The molecule has 0 aliphatic carbocycles. The zero-order valence-electron chi connectivity index (χ0n) is 16.1. The van der Waals surface area contributed by atoms with Gasteiger partial charge in [-0.1, -0.05) is 30.3 Å². The molecule has 1 aliphatic rings. The Hall–Kier alpha value is -2.35. The van der Waals surface area contributed by atoms with Crippen LogP contribution in [0.3, 0.4) is 0 Å². The SMILES string of the molecule is COC1CCN(Cn2nc(-c3cccnc3)n(Cc3ccccc3)c2=S)CC1. The molecule has 0 saturated carbocycles. The number of hydrogen-bond acceptors (Lipinski definition) is 5. The number of rotatable bonds is 6. The van der Waals surface area contributed by atoms with E-state index >= 15 is 0 Å². The molecule has 3 aromatic rings. The number of methoxy groups -OCH3 is 1. The van der Waals surface area contributed by atoms with Gasteiger partial charge in [0.15, 0.2) is 10.6 Å². The summed E-state index contributed by atoms with van der Waals surface area (Å²) in [5.74, 6) is 0.855. The lowest BCUT2D eigenvalue weighted by Gasteiger charge is -2.30. The first-order valence-corrected chi connectivity index (χ1v) is 10.0. The number of nitrogens with zero attached hydrogens (tertiary/aromatic N) is 5. The molecule has 4 rings (SSSR count). The number of aromatic nitrogens is 4. The Labute approximate surface area is 170 Å². The first-order chi connectivity index (χ1) is 13.7. The smallest absolute Gasteiger partial charge is 0.199 e. The average molecular weight is 396 g/mol. The molecule has 0 spiro atoms. The van der Waals surface area contributed by atoms with Gasteiger partial charge >= 0.3 is 0 Å². The van der Waals surface area contributed by atoms with Gasteiger partial charge in [0.05, 0.1) is 19.3 Å². The average Bonchev–Trinajstić information content (AvgIpc) is 3.05. The Bertz CT molecular complexity index is 946. The maximum atomic E-state index is 5.82. The Kier molecular flexibility index (Phi) is 5.95. The van der Waals surface area contributed by atoms with E-state index in [4.69, 9.17) is 22.1 Å². The monoisotopic (exact) mass is 395 g/mol. The number of pyridine rings is 1. The summed E-state index contributed by atoms with van der Waals surface area (Å²) in [7, 11) is 1.79. The highest BCUT2D eigenvalue weighted by Crippen LogP contribution is 2.20. The van der Waals surface area contributed by atoms with Crippen LogP contribution in [-0.4, -0.2) is 50.5 Å². The van der Waals surface area contributed by atoms with Gasteiger partial charge in [-0.2, -0.15) is 5.10 Å². The molecule has 6 nitrogen and oxygen atoms in total. The van der Waals surface area contributed by atoms with Crippen LogP contribution in [0.4, 0.5) is 0 Å². The topological polar surface area (TPSA) is 48.1 Å². The van der Waals surface area contributed by atoms with Gasteiger partial charge in [0.25, 0.3) is 0 Å². The van der Waals surface area contributed by atoms with Crippen LogP contribution in [0.2, 0.25) is 0 Å². The van der Waals surface area contributed by atoms with E-state index in [9.17, 15) is 0 Å². The summed E-state index contributed by atoms with van der Waals surface area (Å²) >= 11 is 5.82. The van der Waals surface area contributed by atoms with Crippen molar-refractivity contribution in [1.82, 2.24) is 24.2 Å². The third kappa shape index (κ3) is 4.22. The fourth-order valence-electron chi connectivity index (χ4n) is 3.63. The molecule has 0 unspecified atom stereocenters. The number of hydrogen-bond donors (Lipinski definition) is 0. The molecule has 0 N–H and O–H groups in total. The molecule has 0 radical (unpaired) electrons. The number of ether oxygens (including phenoxy) is 1. The minimum Gasteiger partial charge on any atom is -0.381 e. The van der Waals surface area contributed by atoms with E-state index in [1.165, 1.54) is 5.56 Å². The Morgan fingerprint density at radius 1 is 1.11 bits per heavy atom. The summed E-state index contributed by atoms with van der Waals surface area (Å²) in [5.41, 5.74) is 2.17. The van der Waals surface area contributed by atoms with E-state index < -0.39 is 0 Å². The van der Waals surface area contributed by atoms with Gasteiger partial charge in [-0.3, -0.25) is 14.5 Å². The molecular weight excluding hydrogens is 370 g/mol. The van der Waals surface area contributed by atoms with Gasteiger partial charge in [0.1, 0.15) is 0 Å². The van der Waals surface area contributed by atoms with Gasteiger partial charge in [0.2, 0.25) is 0 Å². The molecule has 1 aromatic carbocycles. The van der Waals surface area contributed by atoms with Crippen molar-refractivity contribution in [3.05, 3.63) is 65.2 Å². The van der Waals surface area contributed by atoms with Crippen molar-refractivity contribution in [3.63, 3.8) is 0 Å². The molecule has 0 bridgehead atoms. The van der Waals surface area contributed by atoms with Gasteiger partial charge in [-0.05, 0) is 42.8 Å². The van der Waals surface area contributed by atoms with Crippen LogP contribution in [0.5, 0.6) is 0 Å². The van der Waals surface area contributed by atoms with E-state index in [2.05, 4.69) is 26.6 Å². The minimum atomic E-state index is 0.366. The second-order valence-corrected chi connectivity index (χ2v) is 7.48. The summed E-state index contributed by atoms with van der Waals surface area (Å²) in [5, 5.41) is 4.87. The van der Waals surface area contributed by atoms with Gasteiger partial charge in [-0.15, -0.1) is 0 Å². The molecule has 7 heteroatoms. The highest BCUT2D eigenvalue weighted by molar-refractivity contribution is 7.71. The first-order valence-electron chi connectivity index (χ1n) is 9.61. The Morgan fingerprint density at radius 3 is 2.57 bits per heavy atom. The third-order valence-electron chi connectivity index (χ3n) is 5.23. The lowest BCUT2D eigenvalue weighted by atomic mass is 10.1. The largest absolute Gasteiger partial charge is 0.381 e. The zero-order valence-corrected chi connectivity index (χ0v) is 16.9. The molecule has 1 aliphatic heterocycles. The van der Waals surface area contributed by atoms with Gasteiger partial charge in [0, 0.05) is 38.2 Å². The molecular formula is C21H25N5OS. The highest BCUT2D eigenvalue weighted by Gasteiger charge is 2.21. The number of piperidine rings is 1. The predicted octanol–water partition coefficient (Wildman–Crippen LogP) is 3.59. The standard InChI is InChI=1S/C21H25N5OS/c1-27-19-9-12-24(13-10-19)16-26-21(28)25(15-17-6-3-2-4-7-17)20(23-26)18-8-5-11-22-14-18/h2-8,11,14,19H,9-10,12-13,15-16H2,1H3. The number of likely N-dealkylation sites (tertiary alicyclic amines) is 1. The molecule has 2 aromatic heterocycles. The molecule has 1 fully saturated rings. The van der Waals surface area contributed by atoms with Crippen molar-refractivity contribution < 1.29 is 4.74 Å². The minimum absolute atomic E-state index is 0.366. The molecule has 0 atom stereocenters. The van der Waals surface area contributed by atoms with E-state index in [-0.39, 0.29) is 0 Å². The van der Waals surface area contributed by atoms with E-state index in [0.29, 0.717) is 19.3 Å². The molecule has 3 heterocycles. The molecule has 146 valence electrons. The van der Waals surface area contributed by atoms with E-state index in [0.717, 1.165) is 42.1 Å². The van der Waals surface area contributed by atoms with Gasteiger partial charge in [-0.25, -0.2) is 4.68 Å². The van der Waals surface area contributed by atoms with E-state index in [1.54, 1.807) is 13.3 Å². The summed E-state index contributed by atoms with van der Waals surface area (Å²) < 4.78 is 10.3. The van der Waals surface area contributed by atoms with Crippen LogP contribution in [0.1, 0.15) is 18.4 Å². The Balaban J connectivity index is 1.63. The zero-order chi connectivity index (χ0) is 19.3. The summed E-state index contributed by atoms with van der Waals surface area (Å²) in [4.78, 5) is 6.65. The van der Waals surface area contributed by atoms with Crippen LogP contribution in [0.25, 0.3) is 11.4 Å².